The number of unbranched alkanes of at least 4 members (excludes halogenated alkanes) is 9. The minimum atomic E-state index is 0. The van der Waals surface area contributed by atoms with Crippen LogP contribution in [0.5, 0.6) is 0 Å². The van der Waals surface area contributed by atoms with Crippen molar-refractivity contribution in [2.45, 2.75) is 91.4 Å². The van der Waals surface area contributed by atoms with E-state index in [1.165, 1.54) is 80.9 Å². The number of halogens is 1. The van der Waals surface area contributed by atoms with Gasteiger partial charge in [-0.3, -0.25) is 0 Å². The van der Waals surface area contributed by atoms with Crippen LogP contribution < -0.4 is 5.73 Å². The third-order valence-electron chi connectivity index (χ3n) is 4.83. The number of benzene rings is 1. The van der Waals surface area contributed by atoms with Crippen molar-refractivity contribution in [1.29, 1.82) is 0 Å². The summed E-state index contributed by atoms with van der Waals surface area (Å²) in [5.41, 5.74) is 11.3. The van der Waals surface area contributed by atoms with Crippen molar-refractivity contribution in [3.63, 3.8) is 0 Å². The first-order valence-electron chi connectivity index (χ1n) is 9.68. The predicted octanol–water partition coefficient (Wildman–Crippen LogP) is 7.42. The zero-order valence-corrected chi connectivity index (χ0v) is 16.9. The maximum atomic E-state index is 6.31. The summed E-state index contributed by atoms with van der Waals surface area (Å²) >= 11 is 0. The van der Waals surface area contributed by atoms with E-state index in [0.29, 0.717) is 0 Å². The molecule has 0 fully saturated rings. The fraction of sp³-hybridized carbons (Fsp3) is 0.636. The fourth-order valence-corrected chi connectivity index (χ4v) is 3.16. The first kappa shape index (κ1) is 23.1. The van der Waals surface area contributed by atoms with Gasteiger partial charge in [-0.15, -0.1) is 12.4 Å². The highest BCUT2D eigenvalue weighted by molar-refractivity contribution is 5.85. The van der Waals surface area contributed by atoms with Crippen LogP contribution in [-0.4, -0.2) is 0 Å². The molecule has 0 unspecified atom stereocenters. The lowest BCUT2D eigenvalue weighted by Crippen LogP contribution is -2.01. The minimum absolute atomic E-state index is 0. The molecule has 0 radical (unpaired) electrons. The van der Waals surface area contributed by atoms with Crippen molar-refractivity contribution in [3.8, 4) is 0 Å². The summed E-state index contributed by atoms with van der Waals surface area (Å²) in [7, 11) is 0. The van der Waals surface area contributed by atoms with Gasteiger partial charge < -0.3 is 5.73 Å². The molecule has 0 aliphatic rings. The van der Waals surface area contributed by atoms with E-state index < -0.39 is 0 Å². The van der Waals surface area contributed by atoms with Gasteiger partial charge in [-0.05, 0) is 43.4 Å². The van der Waals surface area contributed by atoms with E-state index in [9.17, 15) is 0 Å². The summed E-state index contributed by atoms with van der Waals surface area (Å²) in [6.07, 6.45) is 14.8. The van der Waals surface area contributed by atoms with Crippen molar-refractivity contribution in [3.05, 3.63) is 41.1 Å². The molecule has 1 aromatic carbocycles. The second kappa shape index (κ2) is 14.4. The highest BCUT2D eigenvalue weighted by Crippen LogP contribution is 2.22. The van der Waals surface area contributed by atoms with Gasteiger partial charge in [0.1, 0.15) is 0 Å². The lowest BCUT2D eigenvalue weighted by molar-refractivity contribution is 0.556. The molecule has 1 rings (SSSR count). The molecule has 2 N–H and O–H groups in total. The fourth-order valence-electron chi connectivity index (χ4n) is 3.16. The zero-order chi connectivity index (χ0) is 16.9. The Morgan fingerprint density at radius 3 is 1.88 bits per heavy atom. The van der Waals surface area contributed by atoms with Crippen LogP contribution in [0.3, 0.4) is 0 Å². The van der Waals surface area contributed by atoms with E-state index in [4.69, 9.17) is 5.73 Å². The summed E-state index contributed by atoms with van der Waals surface area (Å²) in [6, 6.07) is 8.52. The number of hydrogen-bond donors (Lipinski definition) is 1. The van der Waals surface area contributed by atoms with Gasteiger partial charge in [-0.2, -0.15) is 0 Å². The molecule has 1 nitrogen and oxygen atoms in total. The Bertz CT molecular complexity index is 465. The lowest BCUT2D eigenvalue weighted by Gasteiger charge is -2.10. The van der Waals surface area contributed by atoms with Gasteiger partial charge in [-0.1, -0.05) is 89.0 Å². The first-order valence-corrected chi connectivity index (χ1v) is 9.68. The van der Waals surface area contributed by atoms with Crippen LogP contribution in [0.1, 0.15) is 95.6 Å². The first-order chi connectivity index (χ1) is 11.2. The lowest BCUT2D eigenvalue weighted by atomic mass is 9.98. The topological polar surface area (TPSA) is 26.0 Å². The van der Waals surface area contributed by atoms with E-state index in [1.54, 1.807) is 0 Å². The van der Waals surface area contributed by atoms with Crippen LogP contribution in [0, 0.1) is 6.92 Å². The Morgan fingerprint density at radius 1 is 0.833 bits per heavy atom. The normalized spacial score (nSPS) is 11.8. The molecule has 0 aromatic heterocycles. The Labute approximate surface area is 156 Å². The van der Waals surface area contributed by atoms with Crippen LogP contribution in [0.2, 0.25) is 0 Å². The molecule has 1 aromatic rings. The molecule has 138 valence electrons. The minimum Gasteiger partial charge on any atom is -0.402 e. The summed E-state index contributed by atoms with van der Waals surface area (Å²) in [5.74, 6) is 0. The van der Waals surface area contributed by atoms with Gasteiger partial charge in [0.2, 0.25) is 0 Å². The van der Waals surface area contributed by atoms with Gasteiger partial charge >= 0.3 is 0 Å². The molecule has 0 aliphatic carbocycles. The van der Waals surface area contributed by atoms with E-state index in [-0.39, 0.29) is 12.4 Å². The van der Waals surface area contributed by atoms with Gasteiger partial charge in [-0.25, -0.2) is 0 Å². The van der Waals surface area contributed by atoms with Crippen LogP contribution in [0.4, 0.5) is 0 Å². The average Bonchev–Trinajstić information content (AvgIpc) is 2.56. The smallest absolute Gasteiger partial charge is 0.0116 e. The van der Waals surface area contributed by atoms with Gasteiger partial charge in [0.05, 0.1) is 0 Å². The molecule has 0 spiro atoms. The Balaban J connectivity index is 0.00000529. The monoisotopic (exact) mass is 351 g/mol. The van der Waals surface area contributed by atoms with Crippen LogP contribution in [0.25, 0.3) is 5.57 Å². The number of nitrogens with two attached hydrogens (primary N) is 1. The van der Waals surface area contributed by atoms with Crippen molar-refractivity contribution in [1.82, 2.24) is 0 Å². The van der Waals surface area contributed by atoms with Gasteiger partial charge in [0.15, 0.2) is 0 Å². The number of aryl methyl sites for hydroxylation is 1. The summed E-state index contributed by atoms with van der Waals surface area (Å²) < 4.78 is 0. The SMILES string of the molecule is CCCCCCCCCCCCC(N)=C(C)c1ccccc1C.Cl. The van der Waals surface area contributed by atoms with Gasteiger partial charge in [0, 0.05) is 5.70 Å². The van der Waals surface area contributed by atoms with E-state index in [0.717, 1.165) is 12.1 Å². The molecule has 0 saturated heterocycles. The largest absolute Gasteiger partial charge is 0.402 e. The predicted molar refractivity (Wildman–Crippen MR) is 112 cm³/mol. The van der Waals surface area contributed by atoms with E-state index >= 15 is 0 Å². The molecular weight excluding hydrogens is 314 g/mol. The van der Waals surface area contributed by atoms with Gasteiger partial charge in [0.25, 0.3) is 0 Å². The Morgan fingerprint density at radius 2 is 1.33 bits per heavy atom. The maximum Gasteiger partial charge on any atom is 0.0116 e. The standard InChI is InChI=1S/C22H37N.ClH/c1-4-5-6-7-8-9-10-11-12-13-18-22(23)20(3)21-17-15-14-16-19(21)2;/h14-17H,4-13,18,23H2,1-3H3;1H. The highest BCUT2D eigenvalue weighted by atomic mass is 35.5. The average molecular weight is 352 g/mol. The molecule has 0 atom stereocenters. The molecule has 0 saturated carbocycles. The maximum absolute atomic E-state index is 6.31. The van der Waals surface area contributed by atoms with Crippen molar-refractivity contribution < 1.29 is 0 Å². The van der Waals surface area contributed by atoms with E-state index in [1.807, 2.05) is 0 Å². The van der Waals surface area contributed by atoms with Crippen molar-refractivity contribution in [2.24, 2.45) is 5.73 Å². The molecule has 0 aliphatic heterocycles. The Hall–Kier alpha value is -0.950. The van der Waals surface area contributed by atoms with Crippen LogP contribution in [0.15, 0.2) is 30.0 Å². The third-order valence-corrected chi connectivity index (χ3v) is 4.83. The molecule has 2 heteroatoms. The zero-order valence-electron chi connectivity index (χ0n) is 16.1. The Kier molecular flexibility index (Phi) is 13.8. The van der Waals surface area contributed by atoms with Crippen LogP contribution >= 0.6 is 12.4 Å². The van der Waals surface area contributed by atoms with E-state index in [2.05, 4.69) is 45.0 Å². The van der Waals surface area contributed by atoms with Crippen LogP contribution in [-0.2, 0) is 0 Å². The second-order valence-corrected chi connectivity index (χ2v) is 6.90. The quantitative estimate of drug-likeness (QED) is 0.389. The third kappa shape index (κ3) is 9.37. The second-order valence-electron chi connectivity index (χ2n) is 6.90. The van der Waals surface area contributed by atoms with Crippen molar-refractivity contribution >= 4 is 18.0 Å². The molecule has 0 amide bonds. The number of hydrogen-bond acceptors (Lipinski definition) is 1. The molecule has 0 heterocycles. The highest BCUT2D eigenvalue weighted by Gasteiger charge is 2.04. The molecular formula is C22H38ClN. The molecule has 24 heavy (non-hydrogen) atoms. The summed E-state index contributed by atoms with van der Waals surface area (Å²) in [6.45, 7) is 6.60. The summed E-state index contributed by atoms with van der Waals surface area (Å²) in [4.78, 5) is 0. The molecule has 0 bridgehead atoms. The van der Waals surface area contributed by atoms with Crippen molar-refractivity contribution in [2.75, 3.05) is 0 Å². The number of rotatable bonds is 12. The number of allylic oxidation sites excluding steroid dienone is 2. The summed E-state index contributed by atoms with van der Waals surface area (Å²) in [5, 5.41) is 0.